The molecule has 0 fully saturated rings. The van der Waals surface area contributed by atoms with Crippen LogP contribution in [0.1, 0.15) is 18.2 Å². The van der Waals surface area contributed by atoms with Crippen molar-refractivity contribution in [3.05, 3.63) is 35.8 Å². The number of nitrogens with one attached hydrogen (secondary N) is 1. The van der Waals surface area contributed by atoms with Gasteiger partial charge in [0.25, 0.3) is 0 Å². The monoisotopic (exact) mass is 293 g/mol. The molecule has 2 aromatic rings. The number of hydrogen-bond acceptors (Lipinski definition) is 4. The van der Waals surface area contributed by atoms with E-state index in [-0.39, 0.29) is 18.6 Å². The van der Waals surface area contributed by atoms with Crippen LogP contribution < -0.4 is 5.32 Å². The molecule has 0 aliphatic carbocycles. The molecule has 20 heavy (non-hydrogen) atoms. The lowest BCUT2D eigenvalue weighted by atomic mass is 10.3. The fourth-order valence-electron chi connectivity index (χ4n) is 1.84. The van der Waals surface area contributed by atoms with Gasteiger partial charge in [0, 0.05) is 24.2 Å². The van der Waals surface area contributed by atoms with Gasteiger partial charge in [-0.1, -0.05) is 6.07 Å². The molecule has 5 nitrogen and oxygen atoms in total. The van der Waals surface area contributed by atoms with Crippen LogP contribution in [0.3, 0.4) is 0 Å². The molecule has 0 saturated carbocycles. The summed E-state index contributed by atoms with van der Waals surface area (Å²) in [6.07, 6.45) is 4.02. The van der Waals surface area contributed by atoms with E-state index < -0.39 is 0 Å². The Bertz CT molecular complexity index is 597. The van der Waals surface area contributed by atoms with Crippen LogP contribution in [0, 0.1) is 6.92 Å². The smallest absolute Gasteiger partial charge is 0.230 e. The lowest BCUT2D eigenvalue weighted by molar-refractivity contribution is -0.119. The van der Waals surface area contributed by atoms with E-state index in [0.29, 0.717) is 11.5 Å². The molecule has 0 spiro atoms. The Morgan fingerprint density at radius 2 is 2.30 bits per heavy atom. The van der Waals surface area contributed by atoms with Crippen molar-refractivity contribution in [2.45, 2.75) is 25.6 Å². The van der Waals surface area contributed by atoms with Gasteiger partial charge in [0.15, 0.2) is 0 Å². The van der Waals surface area contributed by atoms with Gasteiger partial charge in [-0.2, -0.15) is 0 Å². The first kappa shape index (κ1) is 14.9. The first-order chi connectivity index (χ1) is 9.58. The maximum atomic E-state index is 11.6. The zero-order valence-electron chi connectivity index (χ0n) is 11.7. The number of aliphatic hydroxyl groups excluding tert-OH is 1. The third kappa shape index (κ3) is 3.98. The number of aliphatic hydroxyl groups is 1. The van der Waals surface area contributed by atoms with Crippen molar-refractivity contribution in [1.82, 2.24) is 14.7 Å². The number of imidazole rings is 1. The number of aromatic nitrogens is 2. The van der Waals surface area contributed by atoms with E-state index in [0.717, 1.165) is 11.3 Å². The Morgan fingerprint density at radius 3 is 3.05 bits per heavy atom. The van der Waals surface area contributed by atoms with Crippen LogP contribution in [-0.4, -0.2) is 38.8 Å². The Kier molecular flexibility index (Phi) is 5.03. The van der Waals surface area contributed by atoms with E-state index in [4.69, 9.17) is 5.11 Å². The number of hydrogen-bond donors (Lipinski definition) is 2. The molecule has 1 amide bonds. The molecule has 2 aromatic heterocycles. The van der Waals surface area contributed by atoms with E-state index in [9.17, 15) is 4.79 Å². The highest BCUT2D eigenvalue weighted by atomic mass is 32.2. The van der Waals surface area contributed by atoms with Gasteiger partial charge >= 0.3 is 0 Å². The average Bonchev–Trinajstić information content (AvgIpc) is 2.80. The van der Waals surface area contributed by atoms with E-state index >= 15 is 0 Å². The van der Waals surface area contributed by atoms with Crippen molar-refractivity contribution in [2.24, 2.45) is 0 Å². The lowest BCUT2D eigenvalue weighted by Crippen LogP contribution is -2.36. The number of nitrogens with zero attached hydrogens (tertiary/aromatic N) is 2. The summed E-state index contributed by atoms with van der Waals surface area (Å²) in [5, 5.41) is 11.6. The number of fused-ring (bicyclic) bond motifs is 1. The minimum Gasteiger partial charge on any atom is -0.394 e. The first-order valence-corrected chi connectivity index (χ1v) is 7.66. The largest absolute Gasteiger partial charge is 0.394 e. The summed E-state index contributed by atoms with van der Waals surface area (Å²) in [4.78, 5) is 16.0. The molecule has 0 bridgehead atoms. The van der Waals surface area contributed by atoms with Gasteiger partial charge < -0.3 is 14.8 Å². The van der Waals surface area contributed by atoms with Gasteiger partial charge in [0.1, 0.15) is 5.65 Å². The number of carbonyl (C=O) groups excluding carboxylic acids is 1. The summed E-state index contributed by atoms with van der Waals surface area (Å²) in [5.41, 5.74) is 3.07. The molecular weight excluding hydrogens is 274 g/mol. The number of amides is 1. The Morgan fingerprint density at radius 1 is 1.50 bits per heavy atom. The van der Waals surface area contributed by atoms with Crippen LogP contribution in [0.2, 0.25) is 0 Å². The van der Waals surface area contributed by atoms with Crippen molar-refractivity contribution < 1.29 is 9.90 Å². The summed E-state index contributed by atoms with van der Waals surface area (Å²) < 4.78 is 2.00. The highest BCUT2D eigenvalue weighted by molar-refractivity contribution is 7.99. The molecule has 1 unspecified atom stereocenters. The highest BCUT2D eigenvalue weighted by Crippen LogP contribution is 2.13. The Labute approximate surface area is 122 Å². The number of aryl methyl sites for hydroxylation is 1. The number of thioether (sulfide) groups is 1. The topological polar surface area (TPSA) is 66.6 Å². The molecule has 0 radical (unpaired) electrons. The van der Waals surface area contributed by atoms with Crippen molar-refractivity contribution in [1.29, 1.82) is 0 Å². The zero-order valence-corrected chi connectivity index (χ0v) is 12.5. The van der Waals surface area contributed by atoms with Gasteiger partial charge in [-0.3, -0.25) is 4.79 Å². The molecular formula is C14H19N3O2S. The van der Waals surface area contributed by atoms with Crippen LogP contribution in [0.15, 0.2) is 24.5 Å². The van der Waals surface area contributed by atoms with Crippen molar-refractivity contribution >= 4 is 23.3 Å². The fourth-order valence-corrected chi connectivity index (χ4v) is 2.55. The second kappa shape index (κ2) is 6.76. The summed E-state index contributed by atoms with van der Waals surface area (Å²) in [7, 11) is 0. The third-order valence-electron chi connectivity index (χ3n) is 2.81. The van der Waals surface area contributed by atoms with Crippen LogP contribution in [-0.2, 0) is 10.5 Å². The van der Waals surface area contributed by atoms with E-state index in [2.05, 4.69) is 10.3 Å². The molecule has 1 atom stereocenters. The number of rotatable bonds is 6. The minimum atomic E-state index is -0.193. The zero-order chi connectivity index (χ0) is 14.5. The molecule has 2 rings (SSSR count). The number of pyridine rings is 1. The molecule has 0 saturated heterocycles. The van der Waals surface area contributed by atoms with E-state index in [1.807, 2.05) is 35.9 Å². The maximum Gasteiger partial charge on any atom is 0.230 e. The van der Waals surface area contributed by atoms with Crippen LogP contribution >= 0.6 is 11.8 Å². The number of carbonyl (C=O) groups is 1. The molecule has 0 aromatic carbocycles. The average molecular weight is 293 g/mol. The van der Waals surface area contributed by atoms with Gasteiger partial charge in [0.2, 0.25) is 5.91 Å². The third-order valence-corrected chi connectivity index (χ3v) is 3.78. The second-order valence-corrected chi connectivity index (χ2v) is 5.83. The summed E-state index contributed by atoms with van der Waals surface area (Å²) in [5.74, 6) is 1.01. The van der Waals surface area contributed by atoms with Crippen molar-refractivity contribution in [3.8, 4) is 0 Å². The highest BCUT2D eigenvalue weighted by Gasteiger charge is 2.07. The van der Waals surface area contributed by atoms with Gasteiger partial charge in [0.05, 0.1) is 18.1 Å². The maximum absolute atomic E-state index is 11.6. The molecule has 2 N–H and O–H groups in total. The molecule has 2 heterocycles. The summed E-state index contributed by atoms with van der Waals surface area (Å²) >= 11 is 1.52. The standard InChI is InChI=1S/C14H19N3O2S/c1-10-3-4-13-16-12(6-17(13)5-10)8-20-9-14(19)15-11(2)7-18/h3-6,11,18H,7-9H2,1-2H3,(H,15,19). The molecule has 108 valence electrons. The predicted molar refractivity (Wildman–Crippen MR) is 80.8 cm³/mol. The van der Waals surface area contributed by atoms with E-state index in [1.165, 1.54) is 17.3 Å². The summed E-state index contributed by atoms with van der Waals surface area (Å²) in [6.45, 7) is 3.77. The Hall–Kier alpha value is -1.53. The van der Waals surface area contributed by atoms with Crippen molar-refractivity contribution in [3.63, 3.8) is 0 Å². The second-order valence-electron chi connectivity index (χ2n) is 4.85. The molecule has 0 aliphatic rings. The lowest BCUT2D eigenvalue weighted by Gasteiger charge is -2.09. The van der Waals surface area contributed by atoms with Gasteiger partial charge in [-0.15, -0.1) is 11.8 Å². The van der Waals surface area contributed by atoms with Crippen LogP contribution in [0.5, 0.6) is 0 Å². The summed E-state index contributed by atoms with van der Waals surface area (Å²) in [6, 6.07) is 3.82. The van der Waals surface area contributed by atoms with E-state index in [1.54, 1.807) is 6.92 Å². The van der Waals surface area contributed by atoms with Crippen LogP contribution in [0.4, 0.5) is 0 Å². The minimum absolute atomic E-state index is 0.0395. The molecule has 0 aliphatic heterocycles. The van der Waals surface area contributed by atoms with Gasteiger partial charge in [-0.05, 0) is 25.5 Å². The normalized spacial score (nSPS) is 12.6. The van der Waals surface area contributed by atoms with Crippen LogP contribution in [0.25, 0.3) is 5.65 Å². The SMILES string of the molecule is Cc1ccc2nc(CSCC(=O)NC(C)CO)cn2c1. The Balaban J connectivity index is 1.85. The fraction of sp³-hybridized carbons (Fsp3) is 0.429. The van der Waals surface area contributed by atoms with Crippen molar-refractivity contribution in [2.75, 3.05) is 12.4 Å². The first-order valence-electron chi connectivity index (χ1n) is 6.50. The quantitative estimate of drug-likeness (QED) is 0.844. The molecule has 6 heteroatoms. The van der Waals surface area contributed by atoms with Gasteiger partial charge in [-0.25, -0.2) is 4.98 Å². The predicted octanol–water partition coefficient (Wildman–Crippen LogP) is 1.37.